The number of aromatic nitrogens is 1. The van der Waals surface area contributed by atoms with E-state index in [9.17, 15) is 5.26 Å². The van der Waals surface area contributed by atoms with Crippen molar-refractivity contribution in [1.82, 2.24) is 4.57 Å². The van der Waals surface area contributed by atoms with Crippen LogP contribution in [0.2, 0.25) is 5.15 Å². The highest BCUT2D eigenvalue weighted by atomic mass is 35.5. The number of nitriles is 1. The predicted molar refractivity (Wildman–Crippen MR) is 81.9 cm³/mol. The molecule has 0 saturated carbocycles. The van der Waals surface area contributed by atoms with Crippen LogP contribution in [0.4, 0.5) is 0 Å². The van der Waals surface area contributed by atoms with Crippen LogP contribution in [0.15, 0.2) is 48.5 Å². The zero-order chi connectivity index (χ0) is 14.1. The normalized spacial score (nSPS) is 10.7. The van der Waals surface area contributed by atoms with Gasteiger partial charge in [-0.25, -0.2) is 0 Å². The lowest BCUT2D eigenvalue weighted by atomic mass is 10.1. The molecule has 0 amide bonds. The fourth-order valence-corrected chi connectivity index (χ4v) is 2.76. The van der Waals surface area contributed by atoms with Crippen molar-refractivity contribution >= 4 is 22.5 Å². The minimum atomic E-state index is 0.511. The van der Waals surface area contributed by atoms with E-state index in [4.69, 9.17) is 11.6 Å². The molecule has 0 bridgehead atoms. The maximum absolute atomic E-state index is 9.34. The van der Waals surface area contributed by atoms with E-state index in [1.165, 1.54) is 0 Å². The Labute approximate surface area is 122 Å². The van der Waals surface area contributed by atoms with Crippen LogP contribution in [0.5, 0.6) is 0 Å². The van der Waals surface area contributed by atoms with Gasteiger partial charge in [0.25, 0.3) is 0 Å². The molecule has 0 atom stereocenters. The molecule has 0 N–H and O–H groups in total. The number of benzene rings is 2. The lowest BCUT2D eigenvalue weighted by molar-refractivity contribution is 0.836. The van der Waals surface area contributed by atoms with E-state index in [1.807, 2.05) is 47.9 Å². The molecule has 1 heterocycles. The van der Waals surface area contributed by atoms with E-state index < -0.39 is 0 Å². The van der Waals surface area contributed by atoms with Gasteiger partial charge >= 0.3 is 0 Å². The van der Waals surface area contributed by atoms with Gasteiger partial charge in [0.2, 0.25) is 0 Å². The molecule has 0 aliphatic rings. The van der Waals surface area contributed by atoms with Gasteiger partial charge < -0.3 is 4.57 Å². The van der Waals surface area contributed by atoms with Gasteiger partial charge in [-0.05, 0) is 24.6 Å². The first-order valence-corrected chi connectivity index (χ1v) is 6.81. The van der Waals surface area contributed by atoms with Crippen LogP contribution in [0.1, 0.15) is 16.7 Å². The van der Waals surface area contributed by atoms with E-state index in [0.29, 0.717) is 17.3 Å². The molecule has 0 saturated heterocycles. The Morgan fingerprint density at radius 3 is 2.60 bits per heavy atom. The van der Waals surface area contributed by atoms with Gasteiger partial charge in [0.05, 0.1) is 11.1 Å². The molecule has 1 aromatic heterocycles. The first kappa shape index (κ1) is 12.8. The second kappa shape index (κ2) is 5.03. The van der Waals surface area contributed by atoms with Gasteiger partial charge in [0.1, 0.15) is 11.2 Å². The van der Waals surface area contributed by atoms with Gasteiger partial charge in [-0.2, -0.15) is 5.26 Å². The summed E-state index contributed by atoms with van der Waals surface area (Å²) in [6, 6.07) is 18.4. The number of aryl methyl sites for hydroxylation is 1. The van der Waals surface area contributed by atoms with Crippen LogP contribution in [-0.4, -0.2) is 4.57 Å². The Morgan fingerprint density at radius 1 is 1.15 bits per heavy atom. The van der Waals surface area contributed by atoms with Crippen LogP contribution in [0, 0.1) is 18.3 Å². The van der Waals surface area contributed by atoms with Gasteiger partial charge in [0.15, 0.2) is 0 Å². The van der Waals surface area contributed by atoms with Gasteiger partial charge in [-0.3, -0.25) is 0 Å². The van der Waals surface area contributed by atoms with Crippen molar-refractivity contribution in [2.75, 3.05) is 0 Å². The van der Waals surface area contributed by atoms with Gasteiger partial charge in [0, 0.05) is 11.9 Å². The molecule has 0 unspecified atom stereocenters. The Hall–Kier alpha value is -2.24. The number of halogens is 1. The first-order valence-electron chi connectivity index (χ1n) is 6.43. The standard InChI is InChI=1S/C17H13ClN2/c1-12-7-8-16-14(9-12)15(10-19)17(18)20(16)11-13-5-3-2-4-6-13/h2-9H,11H2,1H3. The SMILES string of the molecule is Cc1ccc2c(c1)c(C#N)c(Cl)n2Cc1ccccc1. The van der Waals surface area contributed by atoms with Crippen LogP contribution in [0.3, 0.4) is 0 Å². The fraction of sp³-hybridized carbons (Fsp3) is 0.118. The summed E-state index contributed by atoms with van der Waals surface area (Å²) in [6.45, 7) is 2.68. The molecule has 3 heteroatoms. The summed E-state index contributed by atoms with van der Waals surface area (Å²) in [5.41, 5.74) is 3.85. The quantitative estimate of drug-likeness (QED) is 0.678. The van der Waals surface area contributed by atoms with Crippen molar-refractivity contribution in [2.45, 2.75) is 13.5 Å². The maximum atomic E-state index is 9.34. The number of hydrogen-bond acceptors (Lipinski definition) is 1. The third-order valence-electron chi connectivity index (χ3n) is 3.45. The largest absolute Gasteiger partial charge is 0.326 e. The number of nitrogens with zero attached hydrogens (tertiary/aromatic N) is 2. The Balaban J connectivity index is 2.21. The molecule has 3 aromatic rings. The molecule has 0 aliphatic heterocycles. The van der Waals surface area contributed by atoms with Crippen molar-refractivity contribution < 1.29 is 0 Å². The lowest BCUT2D eigenvalue weighted by Crippen LogP contribution is -1.99. The second-order valence-corrected chi connectivity index (χ2v) is 5.23. The summed E-state index contributed by atoms with van der Waals surface area (Å²) in [7, 11) is 0. The highest BCUT2D eigenvalue weighted by Gasteiger charge is 2.15. The number of fused-ring (bicyclic) bond motifs is 1. The first-order chi connectivity index (χ1) is 9.70. The van der Waals surface area contributed by atoms with Gasteiger partial charge in [-0.15, -0.1) is 0 Å². The lowest BCUT2D eigenvalue weighted by Gasteiger charge is -2.07. The third-order valence-corrected chi connectivity index (χ3v) is 3.84. The highest BCUT2D eigenvalue weighted by Crippen LogP contribution is 2.30. The van der Waals surface area contributed by atoms with Gasteiger partial charge in [-0.1, -0.05) is 53.6 Å². The molecule has 0 fully saturated rings. The molecule has 98 valence electrons. The van der Waals surface area contributed by atoms with Crippen LogP contribution in [0.25, 0.3) is 10.9 Å². The summed E-state index contributed by atoms with van der Waals surface area (Å²) >= 11 is 6.40. The second-order valence-electron chi connectivity index (χ2n) is 4.87. The fourth-order valence-electron chi connectivity index (χ4n) is 2.46. The Kier molecular flexibility index (Phi) is 3.22. The topological polar surface area (TPSA) is 28.7 Å². The van der Waals surface area contributed by atoms with Crippen molar-refractivity contribution in [2.24, 2.45) is 0 Å². The number of hydrogen-bond donors (Lipinski definition) is 0. The van der Waals surface area contributed by atoms with E-state index in [-0.39, 0.29) is 0 Å². The number of rotatable bonds is 2. The van der Waals surface area contributed by atoms with E-state index in [0.717, 1.165) is 22.0 Å². The monoisotopic (exact) mass is 280 g/mol. The molecule has 2 nitrogen and oxygen atoms in total. The maximum Gasteiger partial charge on any atom is 0.128 e. The van der Waals surface area contributed by atoms with Crippen molar-refractivity contribution in [3.8, 4) is 6.07 Å². The Bertz CT molecular complexity index is 810. The van der Waals surface area contributed by atoms with Crippen LogP contribution < -0.4 is 0 Å². The Morgan fingerprint density at radius 2 is 1.90 bits per heavy atom. The van der Waals surface area contributed by atoms with Crippen molar-refractivity contribution in [3.63, 3.8) is 0 Å². The van der Waals surface area contributed by atoms with E-state index in [2.05, 4.69) is 18.2 Å². The van der Waals surface area contributed by atoms with E-state index in [1.54, 1.807) is 0 Å². The average molecular weight is 281 g/mol. The third kappa shape index (κ3) is 2.07. The summed E-state index contributed by atoms with van der Waals surface area (Å²) in [5.74, 6) is 0. The van der Waals surface area contributed by atoms with Crippen molar-refractivity contribution in [3.05, 3.63) is 70.4 Å². The predicted octanol–water partition coefficient (Wildman–Crippen LogP) is 4.52. The molecular weight excluding hydrogens is 268 g/mol. The smallest absolute Gasteiger partial charge is 0.128 e. The van der Waals surface area contributed by atoms with E-state index >= 15 is 0 Å². The highest BCUT2D eigenvalue weighted by molar-refractivity contribution is 6.32. The molecule has 0 spiro atoms. The molecule has 20 heavy (non-hydrogen) atoms. The molecule has 2 aromatic carbocycles. The zero-order valence-corrected chi connectivity index (χ0v) is 11.9. The molecule has 0 aliphatic carbocycles. The summed E-state index contributed by atoms with van der Waals surface area (Å²) in [5, 5.41) is 10.8. The summed E-state index contributed by atoms with van der Waals surface area (Å²) in [6.07, 6.45) is 0. The minimum absolute atomic E-state index is 0.511. The molecule has 3 rings (SSSR count). The summed E-state index contributed by atoms with van der Waals surface area (Å²) in [4.78, 5) is 0. The zero-order valence-electron chi connectivity index (χ0n) is 11.1. The molecular formula is C17H13ClN2. The van der Waals surface area contributed by atoms with Crippen LogP contribution >= 0.6 is 11.6 Å². The molecule has 0 radical (unpaired) electrons. The minimum Gasteiger partial charge on any atom is -0.326 e. The van der Waals surface area contributed by atoms with Crippen LogP contribution in [-0.2, 0) is 6.54 Å². The van der Waals surface area contributed by atoms with Crippen molar-refractivity contribution in [1.29, 1.82) is 5.26 Å². The average Bonchev–Trinajstić information content (AvgIpc) is 2.71. The summed E-state index contributed by atoms with van der Waals surface area (Å²) < 4.78 is 1.99.